The van der Waals surface area contributed by atoms with E-state index in [1.165, 1.54) is 0 Å². The molecule has 0 fully saturated rings. The molecule has 7 aromatic carbocycles. The highest BCUT2D eigenvalue weighted by Gasteiger charge is 2.14. The largest absolute Gasteiger partial charge is 0.378 e. The summed E-state index contributed by atoms with van der Waals surface area (Å²) >= 11 is 0. The minimum Gasteiger partial charge on any atom is -0.378 e. The van der Waals surface area contributed by atoms with Gasteiger partial charge in [-0.1, -0.05) is 85.0 Å². The van der Waals surface area contributed by atoms with E-state index in [1.807, 2.05) is 88.9 Å². The van der Waals surface area contributed by atoms with Crippen LogP contribution in [0.15, 0.2) is 170 Å². The van der Waals surface area contributed by atoms with Crippen LogP contribution in [0.1, 0.15) is 27.8 Å². The molecule has 7 aromatic rings. The summed E-state index contributed by atoms with van der Waals surface area (Å²) in [4.78, 5) is 12.5. The van der Waals surface area contributed by atoms with E-state index < -0.39 is 0 Å². The number of rotatable bonds is 12. The highest BCUT2D eigenvalue weighted by molar-refractivity contribution is 5.84. The molecule has 0 amide bonds. The van der Waals surface area contributed by atoms with E-state index in [0.717, 1.165) is 56.6 Å². The third kappa shape index (κ3) is 8.84. The maximum atomic E-state index is 10.2. The zero-order valence-corrected chi connectivity index (χ0v) is 33.2. The molecule has 0 heterocycles. The van der Waals surface area contributed by atoms with Crippen molar-refractivity contribution < 1.29 is 0 Å². The predicted octanol–water partition coefficient (Wildman–Crippen LogP) is 13.5. The van der Waals surface area contributed by atoms with Crippen molar-refractivity contribution in [1.82, 2.24) is 0 Å². The van der Waals surface area contributed by atoms with Crippen LogP contribution in [-0.4, -0.2) is 28.2 Å². The molecule has 6 nitrogen and oxygen atoms in total. The molecule has 7 rings (SSSR count). The van der Waals surface area contributed by atoms with Gasteiger partial charge in [0.05, 0.1) is 18.2 Å². The van der Waals surface area contributed by atoms with E-state index in [4.69, 9.17) is 6.57 Å². The van der Waals surface area contributed by atoms with Crippen LogP contribution in [0.2, 0.25) is 0 Å². The van der Waals surface area contributed by atoms with Gasteiger partial charge in [0.2, 0.25) is 0 Å². The normalized spacial score (nSPS) is 10.9. The molecule has 0 aromatic heterocycles. The molecule has 0 aliphatic heterocycles. The lowest BCUT2D eigenvalue weighted by Gasteiger charge is -2.26. The van der Waals surface area contributed by atoms with Gasteiger partial charge in [-0.05, 0) is 131 Å². The van der Waals surface area contributed by atoms with Crippen molar-refractivity contribution in [2.75, 3.05) is 47.8 Å². The third-order valence-corrected chi connectivity index (χ3v) is 9.93. The molecule has 0 aliphatic rings. The number of nitriles is 1. The first-order valence-electron chi connectivity index (χ1n) is 19.1. The highest BCUT2D eigenvalue weighted by atomic mass is 15.1. The minimum atomic E-state index is 0.483. The summed E-state index contributed by atoms with van der Waals surface area (Å²) in [5, 5.41) is 10.2. The second-order valence-corrected chi connectivity index (χ2v) is 14.2. The Hall–Kier alpha value is -7.80. The summed E-state index contributed by atoms with van der Waals surface area (Å²) in [6.07, 6.45) is 7.80. The standard InChI is InChI=1S/C52H44N6/c1-54-52-37-41(22-16-39-18-24-48(25-19-39)57(46-12-8-6-9-13-46)50-32-28-44(29-33-50)55(2)3)43(38-53)36-42(52)23-17-40-20-26-49(27-21-40)58(47-14-10-7-11-15-47)51-34-30-45(31-35-51)56(4)5/h6-37H,2-5H3. The molecule has 0 bridgehead atoms. The van der Waals surface area contributed by atoms with Crippen LogP contribution in [0.4, 0.5) is 51.2 Å². The first-order valence-corrected chi connectivity index (χ1v) is 19.1. The van der Waals surface area contributed by atoms with Crippen molar-refractivity contribution in [1.29, 1.82) is 5.26 Å². The van der Waals surface area contributed by atoms with E-state index in [-0.39, 0.29) is 0 Å². The molecule has 282 valence electrons. The number of benzene rings is 7. The Labute approximate surface area is 342 Å². The Morgan fingerprint density at radius 1 is 0.431 bits per heavy atom. The molecule has 0 saturated heterocycles. The fraction of sp³-hybridized carbons (Fsp3) is 0.0769. The summed E-state index contributed by atoms with van der Waals surface area (Å²) in [6.45, 7) is 7.97. The molecule has 0 aliphatic carbocycles. The molecule has 58 heavy (non-hydrogen) atoms. The molecule has 0 N–H and O–H groups in total. The van der Waals surface area contributed by atoms with Gasteiger partial charge in [-0.15, -0.1) is 0 Å². The van der Waals surface area contributed by atoms with Crippen LogP contribution in [0.3, 0.4) is 0 Å². The fourth-order valence-electron chi connectivity index (χ4n) is 6.78. The zero-order chi connectivity index (χ0) is 40.4. The van der Waals surface area contributed by atoms with Crippen LogP contribution in [0.5, 0.6) is 0 Å². The Morgan fingerprint density at radius 2 is 0.776 bits per heavy atom. The van der Waals surface area contributed by atoms with Crippen molar-refractivity contribution in [3.63, 3.8) is 0 Å². The quantitative estimate of drug-likeness (QED) is 0.0918. The molecular weight excluding hydrogens is 709 g/mol. The lowest BCUT2D eigenvalue weighted by Crippen LogP contribution is -2.11. The van der Waals surface area contributed by atoms with Crippen LogP contribution < -0.4 is 19.6 Å². The number of anilines is 8. The van der Waals surface area contributed by atoms with Crippen molar-refractivity contribution >= 4 is 75.5 Å². The molecular formula is C52H44N6. The van der Waals surface area contributed by atoms with E-state index in [1.54, 1.807) is 12.1 Å². The fourth-order valence-corrected chi connectivity index (χ4v) is 6.78. The van der Waals surface area contributed by atoms with Gasteiger partial charge >= 0.3 is 0 Å². The van der Waals surface area contributed by atoms with Crippen molar-refractivity contribution in [2.45, 2.75) is 0 Å². The Bertz CT molecular complexity index is 2410. The lowest BCUT2D eigenvalue weighted by atomic mass is 10.0. The zero-order valence-electron chi connectivity index (χ0n) is 33.2. The Morgan fingerprint density at radius 3 is 1.14 bits per heavy atom. The van der Waals surface area contributed by atoms with Crippen molar-refractivity contribution in [3.8, 4) is 6.07 Å². The van der Waals surface area contributed by atoms with Crippen molar-refractivity contribution in [2.24, 2.45) is 0 Å². The van der Waals surface area contributed by atoms with Gasteiger partial charge in [-0.2, -0.15) is 5.26 Å². The van der Waals surface area contributed by atoms with Gasteiger partial charge < -0.3 is 19.6 Å². The van der Waals surface area contributed by atoms with E-state index >= 15 is 0 Å². The second kappa shape index (κ2) is 17.8. The topological polar surface area (TPSA) is 41.1 Å². The van der Waals surface area contributed by atoms with Gasteiger partial charge in [0, 0.05) is 73.7 Å². The average Bonchev–Trinajstić information content (AvgIpc) is 3.27. The first-order chi connectivity index (χ1) is 28.3. The van der Waals surface area contributed by atoms with E-state index in [0.29, 0.717) is 22.4 Å². The van der Waals surface area contributed by atoms with E-state index in [9.17, 15) is 5.26 Å². The maximum absolute atomic E-state index is 10.2. The monoisotopic (exact) mass is 752 g/mol. The maximum Gasteiger partial charge on any atom is 0.194 e. The summed E-state index contributed by atoms with van der Waals surface area (Å²) < 4.78 is 0. The SMILES string of the molecule is [C-]#[N+]c1cc(C=Cc2ccc(N(c3ccccc3)c3ccc(N(C)C)cc3)cc2)c(C#N)cc1C=Cc1ccc(N(c2ccccc2)c2ccc(N(C)C)cc2)cc1. The predicted molar refractivity (Wildman–Crippen MR) is 246 cm³/mol. The Kier molecular flexibility index (Phi) is 11.8. The van der Waals surface area contributed by atoms with Crippen LogP contribution in [0, 0.1) is 17.9 Å². The summed E-state index contributed by atoms with van der Waals surface area (Å²) in [5.74, 6) is 0. The van der Waals surface area contributed by atoms with Gasteiger partial charge in [-0.25, -0.2) is 4.85 Å². The molecule has 0 unspecified atom stereocenters. The molecule has 0 saturated carbocycles. The minimum absolute atomic E-state index is 0.483. The lowest BCUT2D eigenvalue weighted by molar-refractivity contribution is 1.13. The smallest absolute Gasteiger partial charge is 0.194 e. The van der Waals surface area contributed by atoms with Gasteiger partial charge in [0.25, 0.3) is 0 Å². The molecule has 0 atom stereocenters. The molecule has 0 radical (unpaired) electrons. The number of hydrogen-bond acceptors (Lipinski definition) is 5. The Balaban J connectivity index is 1.10. The van der Waals surface area contributed by atoms with Gasteiger partial charge in [0.1, 0.15) is 0 Å². The summed E-state index contributed by atoms with van der Waals surface area (Å²) in [6, 6.07) is 60.3. The third-order valence-electron chi connectivity index (χ3n) is 9.93. The first kappa shape index (κ1) is 38.5. The van der Waals surface area contributed by atoms with E-state index in [2.05, 4.69) is 152 Å². The van der Waals surface area contributed by atoms with Gasteiger partial charge in [-0.3, -0.25) is 0 Å². The second-order valence-electron chi connectivity index (χ2n) is 14.2. The van der Waals surface area contributed by atoms with Crippen molar-refractivity contribution in [3.05, 3.63) is 209 Å². The van der Waals surface area contributed by atoms with Crippen LogP contribution in [-0.2, 0) is 0 Å². The highest BCUT2D eigenvalue weighted by Crippen LogP contribution is 2.37. The van der Waals surface area contributed by atoms with Gasteiger partial charge in [0.15, 0.2) is 5.69 Å². The number of hydrogen-bond donors (Lipinski definition) is 0. The van der Waals surface area contributed by atoms with Crippen LogP contribution >= 0.6 is 0 Å². The number of nitrogens with zero attached hydrogens (tertiary/aromatic N) is 6. The molecule has 6 heteroatoms. The van der Waals surface area contributed by atoms with Crippen LogP contribution in [0.25, 0.3) is 29.1 Å². The summed E-state index contributed by atoms with van der Waals surface area (Å²) in [7, 11) is 8.16. The average molecular weight is 753 g/mol. The summed E-state index contributed by atoms with van der Waals surface area (Å²) in [5.41, 5.74) is 13.0. The number of para-hydroxylation sites is 2. The molecule has 0 spiro atoms.